The van der Waals surface area contributed by atoms with Gasteiger partial charge in [0.1, 0.15) is 0 Å². The van der Waals surface area contributed by atoms with Crippen LogP contribution in [0.4, 0.5) is 28.8 Å². The molecule has 0 aliphatic carbocycles. The number of primary amides is 6. The van der Waals surface area contributed by atoms with E-state index in [4.69, 9.17) is 15.0 Å². The maximum absolute atomic E-state index is 10.2. The van der Waals surface area contributed by atoms with Gasteiger partial charge in [0.05, 0.1) is 0 Å². The number of hydrogen-bond acceptors (Lipinski definition) is 8. The quantitative estimate of drug-likeness (QED) is 0.152. The topological polar surface area (TPSA) is 336 Å². The van der Waals surface area contributed by atoms with Crippen LogP contribution in [0.1, 0.15) is 0 Å². The van der Waals surface area contributed by atoms with Gasteiger partial charge in [0, 0.05) is 0 Å². The van der Waals surface area contributed by atoms with E-state index in [9.17, 15) is 24.0 Å². The van der Waals surface area contributed by atoms with Gasteiger partial charge in [-0.2, -0.15) is 0 Å². The van der Waals surface area contributed by atoms with Gasteiger partial charge < -0.3 is 34.4 Å². The summed E-state index contributed by atoms with van der Waals surface area (Å²) in [5.74, 6) is 0. The fraction of sp³-hybridized carbons (Fsp3) is 0. The fourth-order valence-corrected chi connectivity index (χ4v) is 0.376. The molecule has 0 unspecified atom stereocenters. The average Bonchev–Trinajstić information content (AvgIpc) is 2.24. The second kappa shape index (κ2) is 18.6. The van der Waals surface area contributed by atoms with Gasteiger partial charge in [-0.25, -0.2) is 39.0 Å². The Morgan fingerprint density at radius 2 is 0.792 bits per heavy atom. The van der Waals surface area contributed by atoms with Crippen LogP contribution in [0.25, 0.3) is 0 Å². The van der Waals surface area contributed by atoms with Gasteiger partial charge in [0.25, 0.3) is 0 Å². The number of nitrogens with two attached hydrogens (primary N) is 6. The van der Waals surface area contributed by atoms with Crippen molar-refractivity contribution in [2.45, 2.75) is 0 Å². The molecule has 0 rings (SSSR count). The van der Waals surface area contributed by atoms with Crippen LogP contribution >= 0.6 is 0 Å². The number of carbonyl (C=O) groups excluding carboxylic acids is 7. The average molecular weight is 352 g/mol. The van der Waals surface area contributed by atoms with Crippen LogP contribution < -0.4 is 50.4 Å². The van der Waals surface area contributed by atoms with Crippen molar-refractivity contribution in [3.8, 4) is 0 Å². The lowest BCUT2D eigenvalue weighted by molar-refractivity contribution is 0.226. The molecule has 17 nitrogen and oxygen atoms in total. The molecule has 0 radical (unpaired) electrons. The Kier molecular flexibility index (Phi) is 21.6. The zero-order valence-corrected chi connectivity index (χ0v) is 11.8. The second-order valence-electron chi connectivity index (χ2n) is 2.67. The molecule has 12 amide bonds. The second-order valence-corrected chi connectivity index (χ2v) is 2.67. The van der Waals surface area contributed by atoms with Gasteiger partial charge in [-0.05, 0) is 0 Å². The normalized spacial score (nSPS) is 6.83. The minimum absolute atomic E-state index is 0.750. The van der Waals surface area contributed by atoms with Gasteiger partial charge >= 0.3 is 36.2 Å². The summed E-state index contributed by atoms with van der Waals surface area (Å²) in [6.07, 6.45) is 0.750. The lowest BCUT2D eigenvalue weighted by Crippen LogP contribution is -2.46. The summed E-state index contributed by atoms with van der Waals surface area (Å²) in [7, 11) is 0. The van der Waals surface area contributed by atoms with Crippen molar-refractivity contribution in [1.29, 1.82) is 5.41 Å². The summed E-state index contributed by atoms with van der Waals surface area (Å²) in [4.78, 5) is 66.6. The first-order valence-electron chi connectivity index (χ1n) is 4.91. The largest absolute Gasteiger partial charge is 0.352 e. The molecule has 0 atom stereocenters. The highest BCUT2D eigenvalue weighted by atomic mass is 16.2. The maximum atomic E-state index is 10.2. The molecule has 0 saturated heterocycles. The predicted octanol–water partition coefficient (Wildman–Crippen LogP) is -3.90. The zero-order valence-electron chi connectivity index (χ0n) is 11.8. The van der Waals surface area contributed by atoms with Gasteiger partial charge in [-0.15, -0.1) is 0 Å². The third-order valence-electron chi connectivity index (χ3n) is 0.720. The van der Waals surface area contributed by atoms with E-state index < -0.39 is 36.2 Å². The van der Waals surface area contributed by atoms with E-state index in [1.807, 2.05) is 0 Å². The minimum Gasteiger partial charge on any atom is -0.352 e. The van der Waals surface area contributed by atoms with Crippen LogP contribution in [0.3, 0.4) is 0 Å². The Balaban J connectivity index is -0.000000124. The molecule has 0 aliphatic heterocycles. The van der Waals surface area contributed by atoms with Crippen molar-refractivity contribution < 1.29 is 33.6 Å². The highest BCUT2D eigenvalue weighted by Crippen LogP contribution is 1.62. The van der Waals surface area contributed by atoms with Crippen LogP contribution in [0, 0.1) is 5.41 Å². The standard InChI is InChI=1S/C3H6N4O3.C2H5N3O2.CH4N2O.CHNO/c4-1(8)6-3(10)7-2(5)9;3-1(6)5-2(4)7;2-1(3)4;2-1-3/h(H6,4,5,6,7,8,9,10);(H5,3,4,5,6,7);(H4,2,3,4);2H. The Labute approximate surface area is 132 Å². The van der Waals surface area contributed by atoms with E-state index in [0.717, 1.165) is 6.08 Å². The highest BCUT2D eigenvalue weighted by molar-refractivity contribution is 6.00. The highest BCUT2D eigenvalue weighted by Gasteiger charge is 2.03. The Morgan fingerprint density at radius 1 is 0.625 bits per heavy atom. The summed E-state index contributed by atoms with van der Waals surface area (Å²) < 4.78 is 0. The summed E-state index contributed by atoms with van der Waals surface area (Å²) in [5.41, 5.74) is 26.4. The lowest BCUT2D eigenvalue weighted by atomic mass is 10.8. The number of nitrogens with one attached hydrogen (secondary N) is 4. The number of rotatable bonds is 0. The zero-order chi connectivity index (χ0) is 20.3. The van der Waals surface area contributed by atoms with Crippen LogP contribution in [-0.2, 0) is 4.79 Å². The molecule has 136 valence electrons. The smallest absolute Gasteiger partial charge is 0.330 e. The molecule has 16 N–H and O–H groups in total. The monoisotopic (exact) mass is 352 g/mol. The molecule has 17 heteroatoms. The molecule has 0 spiro atoms. The molecule has 0 aromatic carbocycles. The summed E-state index contributed by atoms with van der Waals surface area (Å²) >= 11 is 0. The third kappa shape index (κ3) is 84.0. The van der Waals surface area contributed by atoms with Gasteiger partial charge in [-0.3, -0.25) is 16.0 Å². The molecule has 0 heterocycles. The van der Waals surface area contributed by atoms with Crippen LogP contribution in [-0.4, -0.2) is 42.3 Å². The lowest BCUT2D eigenvalue weighted by Gasteiger charge is -1.97. The number of urea groups is 6. The van der Waals surface area contributed by atoms with Crippen LogP contribution in [0.2, 0.25) is 0 Å². The first-order chi connectivity index (χ1) is 10.8. The molecule has 0 fully saturated rings. The van der Waals surface area contributed by atoms with Crippen molar-refractivity contribution in [2.75, 3.05) is 0 Å². The number of hydrogen-bond donors (Lipinski definition) is 10. The van der Waals surface area contributed by atoms with Crippen LogP contribution in [0.15, 0.2) is 0 Å². The molecule has 0 aliphatic rings. The van der Waals surface area contributed by atoms with Crippen molar-refractivity contribution in [3.63, 3.8) is 0 Å². The molecule has 0 bridgehead atoms. The van der Waals surface area contributed by atoms with Crippen molar-refractivity contribution in [3.05, 3.63) is 0 Å². The van der Waals surface area contributed by atoms with Crippen LogP contribution in [0.5, 0.6) is 0 Å². The van der Waals surface area contributed by atoms with Gasteiger partial charge in [0.15, 0.2) is 0 Å². The SMILES string of the molecule is N=C=O.NC(=O)NC(=O)NC(N)=O.NC(=O)NC(N)=O.NC(N)=O. The van der Waals surface area contributed by atoms with E-state index in [1.54, 1.807) is 16.0 Å². The molecule has 0 saturated carbocycles. The van der Waals surface area contributed by atoms with E-state index in [0.29, 0.717) is 0 Å². The van der Waals surface area contributed by atoms with E-state index in [1.165, 1.54) is 0 Å². The Hall–Kier alpha value is -4.40. The molecular weight excluding hydrogens is 336 g/mol. The number of isocyanates is 1. The number of amides is 12. The van der Waals surface area contributed by atoms with E-state index >= 15 is 0 Å². The Bertz CT molecular complexity index is 464. The molecule has 0 aromatic rings. The first-order valence-corrected chi connectivity index (χ1v) is 4.91. The maximum Gasteiger partial charge on any atom is 0.330 e. The van der Waals surface area contributed by atoms with Gasteiger partial charge in [-0.1, -0.05) is 0 Å². The number of imide groups is 3. The first kappa shape index (κ1) is 27.9. The molecular formula is C7H16N10O7. The Morgan fingerprint density at radius 3 is 0.875 bits per heavy atom. The van der Waals surface area contributed by atoms with Gasteiger partial charge in [0.2, 0.25) is 6.08 Å². The van der Waals surface area contributed by atoms with Crippen molar-refractivity contribution >= 4 is 42.3 Å². The summed E-state index contributed by atoms with van der Waals surface area (Å²) in [5, 5.41) is 10.1. The van der Waals surface area contributed by atoms with E-state index in [-0.39, 0.29) is 0 Å². The van der Waals surface area contributed by atoms with Crippen molar-refractivity contribution in [1.82, 2.24) is 16.0 Å². The minimum atomic E-state index is -1.06. The third-order valence-corrected chi connectivity index (χ3v) is 0.720. The predicted molar refractivity (Wildman–Crippen MR) is 75.3 cm³/mol. The molecule has 24 heavy (non-hydrogen) atoms. The van der Waals surface area contributed by atoms with E-state index in [2.05, 4.69) is 34.4 Å². The fourth-order valence-electron chi connectivity index (χ4n) is 0.376. The van der Waals surface area contributed by atoms with Crippen molar-refractivity contribution in [2.24, 2.45) is 34.4 Å². The summed E-state index contributed by atoms with van der Waals surface area (Å²) in [6.45, 7) is 0. The summed E-state index contributed by atoms with van der Waals surface area (Å²) in [6, 6.07) is -5.86. The molecule has 0 aromatic heterocycles. The number of carbonyl (C=O) groups is 6.